The van der Waals surface area contributed by atoms with Gasteiger partial charge < -0.3 is 5.32 Å². The molecule has 0 aliphatic heterocycles. The summed E-state index contributed by atoms with van der Waals surface area (Å²) in [5.41, 5.74) is 0.761. The Balaban J connectivity index is 1.81. The molecular weight excluding hydrogens is 336 g/mol. The number of aromatic nitrogens is 1. The fourth-order valence-electron chi connectivity index (χ4n) is 1.66. The molecule has 1 amide bonds. The van der Waals surface area contributed by atoms with E-state index in [1.54, 1.807) is 0 Å². The van der Waals surface area contributed by atoms with Crippen LogP contribution in [0.15, 0.2) is 27.2 Å². The van der Waals surface area contributed by atoms with Crippen molar-refractivity contribution < 1.29 is 9.59 Å². The van der Waals surface area contributed by atoms with Crippen LogP contribution in [0.25, 0.3) is 0 Å². The molecule has 2 rings (SSSR count). The van der Waals surface area contributed by atoms with Crippen LogP contribution >= 0.6 is 34.4 Å². The molecule has 0 aliphatic carbocycles. The van der Waals surface area contributed by atoms with Crippen molar-refractivity contribution in [3.63, 3.8) is 0 Å². The average molecular weight is 355 g/mol. The molecule has 0 bridgehead atoms. The number of nitrogens with one attached hydrogen (secondary N) is 1. The van der Waals surface area contributed by atoms with Gasteiger partial charge >= 0.3 is 0 Å². The number of Topliss-reactive ketones (excluding diaryl/α,β-unsaturated/α-hetero) is 1. The quantitative estimate of drug-likeness (QED) is 0.581. The van der Waals surface area contributed by atoms with Crippen LogP contribution < -0.4 is 5.32 Å². The Hall–Kier alpha value is -1.18. The van der Waals surface area contributed by atoms with E-state index < -0.39 is 0 Å². The molecule has 7 heteroatoms. The molecule has 0 fully saturated rings. The molecule has 0 radical (unpaired) electrons. The first-order chi connectivity index (χ1) is 10.6. The Kier molecular flexibility index (Phi) is 6.60. The van der Waals surface area contributed by atoms with Gasteiger partial charge in [0.1, 0.15) is 0 Å². The van der Waals surface area contributed by atoms with Gasteiger partial charge in [0.25, 0.3) is 0 Å². The van der Waals surface area contributed by atoms with E-state index in [4.69, 9.17) is 0 Å². The summed E-state index contributed by atoms with van der Waals surface area (Å²) in [5.74, 6) is 0.490. The largest absolute Gasteiger partial charge is 0.353 e. The first-order valence-corrected chi connectivity index (χ1v) is 9.76. The molecule has 0 unspecified atom stereocenters. The fourth-order valence-corrected chi connectivity index (χ4v) is 4.15. The van der Waals surface area contributed by atoms with Crippen molar-refractivity contribution in [3.8, 4) is 0 Å². The standard InChI is InChI=1S/C15H18N2O2S3/c1-3-10(2)16-14(19)7-11-8-21-15(17-11)22-9-12(18)13-5-4-6-20-13/h4-6,8,10H,3,7,9H2,1-2H3,(H,16,19)/t10-/m1/s1. The van der Waals surface area contributed by atoms with E-state index in [-0.39, 0.29) is 17.7 Å². The van der Waals surface area contributed by atoms with Crippen molar-refractivity contribution in [3.05, 3.63) is 33.5 Å². The first kappa shape index (κ1) is 17.2. The van der Waals surface area contributed by atoms with Gasteiger partial charge in [0.2, 0.25) is 5.91 Å². The van der Waals surface area contributed by atoms with E-state index in [2.05, 4.69) is 10.3 Å². The van der Waals surface area contributed by atoms with Crippen molar-refractivity contribution in [1.82, 2.24) is 10.3 Å². The highest BCUT2D eigenvalue weighted by Gasteiger charge is 2.12. The summed E-state index contributed by atoms with van der Waals surface area (Å²) in [4.78, 5) is 28.9. The van der Waals surface area contributed by atoms with E-state index in [0.29, 0.717) is 12.2 Å². The normalized spacial score (nSPS) is 12.1. The molecule has 0 saturated heterocycles. The van der Waals surface area contributed by atoms with E-state index in [1.807, 2.05) is 36.7 Å². The number of amides is 1. The molecule has 0 aliphatic rings. The Bertz CT molecular complexity index is 623. The lowest BCUT2D eigenvalue weighted by atomic mass is 10.2. The van der Waals surface area contributed by atoms with Crippen LogP contribution in [0, 0.1) is 0 Å². The average Bonchev–Trinajstić information content (AvgIpc) is 3.16. The fraction of sp³-hybridized carbons (Fsp3) is 0.400. The Morgan fingerprint density at radius 3 is 2.91 bits per heavy atom. The maximum absolute atomic E-state index is 11.9. The predicted octanol–water partition coefficient (Wildman–Crippen LogP) is 3.64. The lowest BCUT2D eigenvalue weighted by Gasteiger charge is -2.10. The highest BCUT2D eigenvalue weighted by Crippen LogP contribution is 2.24. The maximum Gasteiger partial charge on any atom is 0.226 e. The van der Waals surface area contributed by atoms with Crippen molar-refractivity contribution in [2.45, 2.75) is 37.1 Å². The monoisotopic (exact) mass is 354 g/mol. The van der Waals surface area contributed by atoms with Crippen molar-refractivity contribution in [2.24, 2.45) is 0 Å². The third-order valence-electron chi connectivity index (χ3n) is 3.01. The van der Waals surface area contributed by atoms with Crippen LogP contribution in [-0.2, 0) is 11.2 Å². The van der Waals surface area contributed by atoms with Gasteiger partial charge in [-0.2, -0.15) is 0 Å². The van der Waals surface area contributed by atoms with Crippen LogP contribution in [0.1, 0.15) is 35.6 Å². The van der Waals surface area contributed by atoms with Crippen LogP contribution in [-0.4, -0.2) is 28.5 Å². The third kappa shape index (κ3) is 5.23. The van der Waals surface area contributed by atoms with Gasteiger partial charge in [-0.3, -0.25) is 9.59 Å². The molecular formula is C15H18N2O2S3. The Morgan fingerprint density at radius 2 is 2.23 bits per heavy atom. The molecule has 1 atom stereocenters. The number of thiophene rings is 1. The molecule has 118 valence electrons. The summed E-state index contributed by atoms with van der Waals surface area (Å²) in [6.07, 6.45) is 1.20. The van der Waals surface area contributed by atoms with Gasteiger partial charge in [-0.1, -0.05) is 24.8 Å². The minimum Gasteiger partial charge on any atom is -0.353 e. The molecule has 0 spiro atoms. The van der Waals surface area contributed by atoms with Crippen LogP contribution in [0.2, 0.25) is 0 Å². The smallest absolute Gasteiger partial charge is 0.226 e. The van der Waals surface area contributed by atoms with Gasteiger partial charge in [0.05, 0.1) is 22.7 Å². The highest BCUT2D eigenvalue weighted by molar-refractivity contribution is 8.01. The second-order valence-electron chi connectivity index (χ2n) is 4.85. The van der Waals surface area contributed by atoms with Gasteiger partial charge in [-0.15, -0.1) is 22.7 Å². The topological polar surface area (TPSA) is 59.1 Å². The molecule has 4 nitrogen and oxygen atoms in total. The number of hydrogen-bond acceptors (Lipinski definition) is 6. The summed E-state index contributed by atoms with van der Waals surface area (Å²) in [6.45, 7) is 4.02. The lowest BCUT2D eigenvalue weighted by Crippen LogP contribution is -2.33. The Morgan fingerprint density at radius 1 is 1.41 bits per heavy atom. The molecule has 0 aromatic carbocycles. The molecule has 1 N–H and O–H groups in total. The highest BCUT2D eigenvalue weighted by atomic mass is 32.2. The van der Waals surface area contributed by atoms with Crippen molar-refractivity contribution >= 4 is 46.1 Å². The molecule has 2 aromatic rings. The number of ketones is 1. The molecule has 2 heterocycles. The summed E-state index contributed by atoms with van der Waals surface area (Å²) in [5, 5.41) is 6.70. The summed E-state index contributed by atoms with van der Waals surface area (Å²) < 4.78 is 0.830. The second kappa shape index (κ2) is 8.45. The number of carbonyl (C=O) groups excluding carboxylic acids is 2. The van der Waals surface area contributed by atoms with Gasteiger partial charge in [-0.05, 0) is 24.8 Å². The summed E-state index contributed by atoms with van der Waals surface area (Å²) in [7, 11) is 0. The zero-order chi connectivity index (χ0) is 15.9. The van der Waals surface area contributed by atoms with E-state index in [0.717, 1.165) is 21.3 Å². The van der Waals surface area contributed by atoms with Gasteiger partial charge in [0, 0.05) is 11.4 Å². The number of carbonyl (C=O) groups is 2. The summed E-state index contributed by atoms with van der Waals surface area (Å²) in [6, 6.07) is 3.89. The van der Waals surface area contributed by atoms with Gasteiger partial charge in [-0.25, -0.2) is 4.98 Å². The Labute approximate surface area is 142 Å². The zero-order valence-electron chi connectivity index (χ0n) is 12.5. The van der Waals surface area contributed by atoms with Crippen LogP contribution in [0.5, 0.6) is 0 Å². The molecule has 2 aromatic heterocycles. The maximum atomic E-state index is 11.9. The summed E-state index contributed by atoms with van der Waals surface area (Å²) >= 11 is 4.36. The number of nitrogens with zero attached hydrogens (tertiary/aromatic N) is 1. The molecule has 22 heavy (non-hydrogen) atoms. The minimum absolute atomic E-state index is 0.00846. The van der Waals surface area contributed by atoms with Crippen LogP contribution in [0.4, 0.5) is 0 Å². The number of hydrogen-bond donors (Lipinski definition) is 1. The number of rotatable bonds is 8. The minimum atomic E-state index is -0.00846. The first-order valence-electron chi connectivity index (χ1n) is 7.01. The lowest BCUT2D eigenvalue weighted by molar-refractivity contribution is -0.121. The van der Waals surface area contributed by atoms with E-state index >= 15 is 0 Å². The van der Waals surface area contributed by atoms with Crippen molar-refractivity contribution in [1.29, 1.82) is 0 Å². The predicted molar refractivity (Wildman–Crippen MR) is 93.1 cm³/mol. The number of thioether (sulfide) groups is 1. The van der Waals surface area contributed by atoms with E-state index in [1.165, 1.54) is 34.4 Å². The molecule has 0 saturated carbocycles. The zero-order valence-corrected chi connectivity index (χ0v) is 14.9. The SMILES string of the molecule is CC[C@@H](C)NC(=O)Cc1csc(SCC(=O)c2cccs2)n1. The number of thiazole rings is 1. The third-order valence-corrected chi connectivity index (χ3v) is 6.00. The van der Waals surface area contributed by atoms with Crippen molar-refractivity contribution in [2.75, 3.05) is 5.75 Å². The second-order valence-corrected chi connectivity index (χ2v) is 7.88. The van der Waals surface area contributed by atoms with E-state index in [9.17, 15) is 9.59 Å². The van der Waals surface area contributed by atoms with Crippen LogP contribution in [0.3, 0.4) is 0 Å². The van der Waals surface area contributed by atoms with Gasteiger partial charge in [0.15, 0.2) is 10.1 Å².